The van der Waals surface area contributed by atoms with E-state index in [-0.39, 0.29) is 48.3 Å². The van der Waals surface area contributed by atoms with Gasteiger partial charge in [-0.05, 0) is 19.9 Å². The molecule has 0 saturated heterocycles. The Morgan fingerprint density at radius 1 is 1.11 bits per heavy atom. The monoisotopic (exact) mass is 503 g/mol. The predicted octanol–water partition coefficient (Wildman–Crippen LogP) is 1.80. The number of hydrogen-bond acceptors (Lipinski definition) is 8. The third-order valence-electron chi connectivity index (χ3n) is 5.26. The first-order chi connectivity index (χ1) is 16.5. The molecule has 1 unspecified atom stereocenters. The topological polar surface area (TPSA) is 115 Å². The van der Waals surface area contributed by atoms with Crippen molar-refractivity contribution in [2.45, 2.75) is 45.4 Å². The van der Waals surface area contributed by atoms with Crippen molar-refractivity contribution in [1.29, 1.82) is 0 Å². The largest absolute Gasteiger partial charge is 0.480 e. The summed E-state index contributed by atoms with van der Waals surface area (Å²) < 4.78 is 65.2. The number of aliphatic hydroxyl groups is 1. The average Bonchev–Trinajstić information content (AvgIpc) is 3.29. The van der Waals surface area contributed by atoms with Gasteiger partial charge in [-0.2, -0.15) is 17.9 Å². The second kappa shape index (κ2) is 10.7. The maximum absolute atomic E-state index is 13.4. The molecule has 3 rings (SSSR count). The van der Waals surface area contributed by atoms with E-state index in [4.69, 9.17) is 18.9 Å². The molecule has 0 spiro atoms. The lowest BCUT2D eigenvalue weighted by molar-refractivity contribution is -0.189. The van der Waals surface area contributed by atoms with Crippen LogP contribution in [0, 0.1) is 0 Å². The fourth-order valence-corrected chi connectivity index (χ4v) is 3.54. The lowest BCUT2D eigenvalue weighted by Gasteiger charge is -2.20. The number of nitrogens with zero attached hydrogens (tertiary/aromatic N) is 5. The van der Waals surface area contributed by atoms with Crippen LogP contribution in [0.15, 0.2) is 16.9 Å². The molecule has 14 heteroatoms. The predicted molar refractivity (Wildman–Crippen MR) is 118 cm³/mol. The Kier molecular flexibility index (Phi) is 8.07. The summed E-state index contributed by atoms with van der Waals surface area (Å²) in [6.45, 7) is 2.62. The van der Waals surface area contributed by atoms with Gasteiger partial charge in [0.1, 0.15) is 23.8 Å². The second-order valence-electron chi connectivity index (χ2n) is 7.73. The number of halogens is 3. The minimum absolute atomic E-state index is 0.0139. The molecule has 0 amide bonds. The lowest BCUT2D eigenvalue weighted by atomic mass is 10.2. The number of hydrogen-bond donors (Lipinski definition) is 1. The zero-order chi connectivity index (χ0) is 25.9. The summed E-state index contributed by atoms with van der Waals surface area (Å²) in [7, 11) is 4.52. The van der Waals surface area contributed by atoms with Gasteiger partial charge in [0.25, 0.3) is 0 Å². The van der Waals surface area contributed by atoms with Crippen LogP contribution >= 0.6 is 0 Å². The third-order valence-corrected chi connectivity index (χ3v) is 5.26. The highest BCUT2D eigenvalue weighted by molar-refractivity contribution is 5.92. The van der Waals surface area contributed by atoms with Crippen molar-refractivity contribution in [3.63, 3.8) is 0 Å². The molecular formula is C21H28F3N5O6. The first-order valence-electron chi connectivity index (χ1n) is 10.7. The van der Waals surface area contributed by atoms with Gasteiger partial charge in [0.15, 0.2) is 11.9 Å². The van der Waals surface area contributed by atoms with E-state index in [9.17, 15) is 23.1 Å². The van der Waals surface area contributed by atoms with Crippen LogP contribution in [-0.4, -0.2) is 75.1 Å². The molecular weight excluding hydrogens is 475 g/mol. The van der Waals surface area contributed by atoms with E-state index in [1.807, 2.05) is 0 Å². The highest BCUT2D eigenvalue weighted by atomic mass is 19.4. The van der Waals surface area contributed by atoms with E-state index in [1.165, 1.54) is 35.6 Å². The number of fused-ring (bicyclic) bond motifs is 1. The fraction of sp³-hybridized carbons (Fsp3) is 0.571. The number of aliphatic hydroxyl groups excluding tert-OH is 1. The Hall–Kier alpha value is -3.10. The van der Waals surface area contributed by atoms with Crippen molar-refractivity contribution >= 4 is 10.9 Å². The Balaban J connectivity index is 2.22. The van der Waals surface area contributed by atoms with Gasteiger partial charge in [-0.25, -0.2) is 4.79 Å². The van der Waals surface area contributed by atoms with Gasteiger partial charge in [0.2, 0.25) is 5.88 Å². The minimum Gasteiger partial charge on any atom is -0.480 e. The number of ether oxygens (including phenoxy) is 4. The molecule has 0 aliphatic heterocycles. The molecule has 35 heavy (non-hydrogen) atoms. The third kappa shape index (κ3) is 5.44. The Morgan fingerprint density at radius 3 is 2.29 bits per heavy atom. The zero-order valence-corrected chi connectivity index (χ0v) is 20.0. The molecule has 11 nitrogen and oxygen atoms in total. The van der Waals surface area contributed by atoms with Crippen LogP contribution in [0.4, 0.5) is 13.2 Å². The molecule has 0 aliphatic carbocycles. The van der Waals surface area contributed by atoms with E-state index in [2.05, 4.69) is 10.2 Å². The Labute approximate surface area is 198 Å². The Morgan fingerprint density at radius 2 is 1.77 bits per heavy atom. The normalized spacial score (nSPS) is 13.1. The number of alkyl halides is 3. The number of rotatable bonds is 11. The summed E-state index contributed by atoms with van der Waals surface area (Å²) >= 11 is 0. The maximum atomic E-state index is 13.4. The van der Waals surface area contributed by atoms with Gasteiger partial charge >= 0.3 is 11.9 Å². The van der Waals surface area contributed by atoms with Crippen molar-refractivity contribution < 1.29 is 37.2 Å². The summed E-state index contributed by atoms with van der Waals surface area (Å²) in [5, 5.41) is 18.2. The minimum atomic E-state index is -4.65. The molecule has 1 N–H and O–H groups in total. The van der Waals surface area contributed by atoms with E-state index in [0.29, 0.717) is 5.52 Å². The molecule has 1 aromatic carbocycles. The number of methoxy groups -OCH3 is 2. The van der Waals surface area contributed by atoms with Crippen molar-refractivity contribution in [2.75, 3.05) is 27.4 Å². The highest BCUT2D eigenvalue weighted by Gasteiger charge is 2.39. The van der Waals surface area contributed by atoms with Crippen molar-refractivity contribution in [2.24, 2.45) is 7.05 Å². The van der Waals surface area contributed by atoms with E-state index < -0.39 is 30.7 Å². The fourth-order valence-electron chi connectivity index (χ4n) is 3.54. The van der Waals surface area contributed by atoms with Gasteiger partial charge in [0, 0.05) is 33.9 Å². The van der Waals surface area contributed by atoms with Crippen molar-refractivity contribution in [1.82, 2.24) is 24.1 Å². The van der Waals surface area contributed by atoms with Crippen LogP contribution in [0.2, 0.25) is 0 Å². The molecule has 2 heterocycles. The van der Waals surface area contributed by atoms with Gasteiger partial charge in [-0.1, -0.05) is 0 Å². The maximum Gasteiger partial charge on any atom is 0.425 e. The number of aromatic nitrogens is 5. The van der Waals surface area contributed by atoms with Crippen LogP contribution in [0.3, 0.4) is 0 Å². The van der Waals surface area contributed by atoms with Crippen molar-refractivity contribution in [3.05, 3.63) is 28.4 Å². The number of aryl methyl sites for hydroxylation is 1. The summed E-state index contributed by atoms with van der Waals surface area (Å²) in [4.78, 5) is 12.8. The molecule has 2 aromatic heterocycles. The molecule has 194 valence electrons. The van der Waals surface area contributed by atoms with Crippen LogP contribution < -0.4 is 15.2 Å². The highest BCUT2D eigenvalue weighted by Crippen LogP contribution is 2.38. The quantitative estimate of drug-likeness (QED) is 0.421. The van der Waals surface area contributed by atoms with Gasteiger partial charge in [-0.15, -0.1) is 10.2 Å². The smallest absolute Gasteiger partial charge is 0.425 e. The lowest BCUT2D eigenvalue weighted by Crippen LogP contribution is -2.31. The SMILES string of the molecule is CCn1c(CO)nn(-c2cc(OC(C)C(F)(F)F)c3c(OC(COC)COC)nn(C)c3c2)c1=O. The molecule has 0 fully saturated rings. The van der Waals surface area contributed by atoms with Crippen LogP contribution in [0.1, 0.15) is 19.7 Å². The zero-order valence-electron chi connectivity index (χ0n) is 20.0. The standard InChI is InChI=1S/C21H28F3N5O6/c1-6-28-17(9-30)25-29(20(28)31)13-7-15-18(16(8-13)34-12(2)21(22,23)24)19(26-27(15)3)35-14(10-32-4)11-33-5/h7-8,12,14,30H,6,9-11H2,1-5H3. The molecule has 0 bridgehead atoms. The molecule has 0 saturated carbocycles. The first kappa shape index (κ1) is 26.5. The molecule has 3 aromatic rings. The van der Waals surface area contributed by atoms with Gasteiger partial charge in [0.05, 0.1) is 24.4 Å². The van der Waals surface area contributed by atoms with E-state index >= 15 is 0 Å². The number of benzene rings is 1. The molecule has 0 aliphatic rings. The summed E-state index contributed by atoms with van der Waals surface area (Å²) in [6.07, 6.45) is -7.41. The summed E-state index contributed by atoms with van der Waals surface area (Å²) in [5.74, 6) is -0.0813. The van der Waals surface area contributed by atoms with Crippen LogP contribution in [-0.2, 0) is 29.7 Å². The average molecular weight is 503 g/mol. The van der Waals surface area contributed by atoms with E-state index in [1.54, 1.807) is 14.0 Å². The van der Waals surface area contributed by atoms with Crippen LogP contribution in [0.25, 0.3) is 16.6 Å². The van der Waals surface area contributed by atoms with Crippen LogP contribution in [0.5, 0.6) is 11.6 Å². The Bertz CT molecular complexity index is 1210. The molecule has 0 radical (unpaired) electrons. The van der Waals surface area contributed by atoms with Gasteiger partial charge < -0.3 is 24.1 Å². The second-order valence-corrected chi connectivity index (χ2v) is 7.73. The van der Waals surface area contributed by atoms with E-state index in [0.717, 1.165) is 11.6 Å². The summed E-state index contributed by atoms with van der Waals surface area (Å²) in [5.41, 5.74) is -0.0998. The summed E-state index contributed by atoms with van der Waals surface area (Å²) in [6, 6.07) is 2.79. The van der Waals surface area contributed by atoms with Crippen molar-refractivity contribution in [3.8, 4) is 17.3 Å². The van der Waals surface area contributed by atoms with Gasteiger partial charge in [-0.3, -0.25) is 9.25 Å². The molecule has 1 atom stereocenters. The first-order valence-corrected chi connectivity index (χ1v) is 10.7.